The van der Waals surface area contributed by atoms with Crippen LogP contribution in [0.4, 0.5) is 30.7 Å². The molecule has 2 N–H and O–H groups in total. The van der Waals surface area contributed by atoms with E-state index in [1.54, 1.807) is 5.32 Å². The van der Waals surface area contributed by atoms with Gasteiger partial charge in [0.25, 0.3) is 5.91 Å². The second-order valence-corrected chi connectivity index (χ2v) is 8.64. The molecule has 14 heteroatoms. The zero-order valence-corrected chi connectivity index (χ0v) is 20.3. The molecule has 36 heavy (non-hydrogen) atoms. The van der Waals surface area contributed by atoms with Crippen LogP contribution in [0, 0.1) is 5.82 Å². The summed E-state index contributed by atoms with van der Waals surface area (Å²) in [5.41, 5.74) is -0.931. The molecule has 2 rings (SSSR count). The Hall–Kier alpha value is -2.50. The van der Waals surface area contributed by atoms with E-state index in [1.807, 2.05) is 5.32 Å². The number of halogens is 10. The van der Waals surface area contributed by atoms with E-state index in [-0.39, 0.29) is 26.2 Å². The quantitative estimate of drug-likeness (QED) is 0.276. The Balaban J connectivity index is 2.19. The Morgan fingerprint density at radius 3 is 2.08 bits per heavy atom. The minimum Gasteiger partial charge on any atom is -0.345 e. The Bertz CT molecular complexity index is 1140. The number of benzene rings is 2. The van der Waals surface area contributed by atoms with E-state index in [0.717, 1.165) is 49.4 Å². The molecule has 2 amide bonds. The molecule has 0 aliphatic heterocycles. The fourth-order valence-corrected chi connectivity index (χ4v) is 3.48. The fourth-order valence-electron chi connectivity index (χ4n) is 2.87. The summed E-state index contributed by atoms with van der Waals surface area (Å²) in [7, 11) is 0. The second-order valence-electron chi connectivity index (χ2n) is 7.44. The van der Waals surface area contributed by atoms with Crippen molar-refractivity contribution in [2.75, 3.05) is 6.54 Å². The minimum atomic E-state index is -4.77. The first-order valence-electron chi connectivity index (χ1n) is 9.84. The third-order valence-electron chi connectivity index (χ3n) is 4.64. The van der Waals surface area contributed by atoms with Crippen molar-refractivity contribution in [1.82, 2.24) is 10.6 Å². The molecule has 2 aromatic carbocycles. The van der Waals surface area contributed by atoms with E-state index in [9.17, 15) is 40.3 Å². The van der Waals surface area contributed by atoms with Crippen LogP contribution in [-0.4, -0.2) is 36.8 Å². The molecule has 0 spiro atoms. The predicted octanol–water partition coefficient (Wildman–Crippen LogP) is 6.94. The third kappa shape index (κ3) is 8.28. The summed E-state index contributed by atoms with van der Waals surface area (Å²) in [5.74, 6) is -5.58. The first kappa shape index (κ1) is 29.7. The molecule has 4 nitrogen and oxygen atoms in total. The van der Waals surface area contributed by atoms with Gasteiger partial charge in [-0.25, -0.2) is 4.39 Å². The maximum Gasteiger partial charge on any atom is 0.405 e. The first-order chi connectivity index (χ1) is 16.5. The van der Waals surface area contributed by atoms with Gasteiger partial charge in [0.05, 0.1) is 26.5 Å². The van der Waals surface area contributed by atoms with E-state index < -0.39 is 54.1 Å². The van der Waals surface area contributed by atoms with Crippen LogP contribution in [-0.2, 0) is 4.79 Å². The third-order valence-corrected chi connectivity index (χ3v) is 5.84. The van der Waals surface area contributed by atoms with Crippen molar-refractivity contribution < 1.29 is 40.3 Å². The summed E-state index contributed by atoms with van der Waals surface area (Å²) in [4.78, 5) is 23.9. The zero-order valence-electron chi connectivity index (χ0n) is 18.0. The molecule has 0 heterocycles. The smallest absolute Gasteiger partial charge is 0.345 e. The molecule has 0 saturated heterocycles. The van der Waals surface area contributed by atoms with Crippen LogP contribution in [0.25, 0.3) is 6.08 Å². The number of nitrogens with one attached hydrogen (secondary N) is 2. The highest BCUT2D eigenvalue weighted by Crippen LogP contribution is 2.41. The minimum absolute atomic E-state index is 0.0413. The Kier molecular flexibility index (Phi) is 9.66. The van der Waals surface area contributed by atoms with Crippen LogP contribution in [0.1, 0.15) is 34.3 Å². The van der Waals surface area contributed by atoms with Gasteiger partial charge in [0.15, 0.2) is 0 Å². The van der Waals surface area contributed by atoms with Gasteiger partial charge in [-0.3, -0.25) is 9.59 Å². The summed E-state index contributed by atoms with van der Waals surface area (Å²) in [5, 5.41) is 3.11. The number of hydrogen-bond acceptors (Lipinski definition) is 2. The van der Waals surface area contributed by atoms with E-state index in [1.165, 1.54) is 0 Å². The Morgan fingerprint density at radius 2 is 1.58 bits per heavy atom. The highest BCUT2D eigenvalue weighted by molar-refractivity contribution is 6.48. The number of allylic oxidation sites excluding steroid dienone is 1. The molecule has 0 radical (unpaired) electrons. The molecular weight excluding hydrogens is 564 g/mol. The van der Waals surface area contributed by atoms with E-state index in [0.29, 0.717) is 0 Å². The molecule has 0 aliphatic carbocycles. The molecule has 1 unspecified atom stereocenters. The van der Waals surface area contributed by atoms with Gasteiger partial charge < -0.3 is 10.6 Å². The predicted molar refractivity (Wildman–Crippen MR) is 122 cm³/mol. The molecule has 0 aromatic heterocycles. The zero-order chi connectivity index (χ0) is 27.4. The molecule has 0 fully saturated rings. The van der Waals surface area contributed by atoms with Gasteiger partial charge in [-0.1, -0.05) is 53.0 Å². The summed E-state index contributed by atoms with van der Waals surface area (Å²) < 4.78 is 91.9. The molecule has 0 bridgehead atoms. The highest BCUT2D eigenvalue weighted by atomic mass is 35.5. The van der Waals surface area contributed by atoms with Gasteiger partial charge in [-0.2, -0.15) is 26.3 Å². The van der Waals surface area contributed by atoms with Gasteiger partial charge in [0.1, 0.15) is 18.4 Å². The summed E-state index contributed by atoms with van der Waals surface area (Å²) in [6, 6.07) is 3.43. The van der Waals surface area contributed by atoms with Crippen LogP contribution in [0.2, 0.25) is 15.1 Å². The maximum atomic E-state index is 14.5. The van der Waals surface area contributed by atoms with E-state index in [4.69, 9.17) is 34.8 Å². The fraction of sp³-hybridized carbons (Fsp3) is 0.273. The standard InChI is InChI=1S/C22H16Cl3F7N2O2/c1-10(19(35)33-9-21(27,28)29)34-20(36)13-4-2-11(6-17(13)26)3-5-14(22(30,31)32)12-7-15(23)18(25)16(24)8-12/h2-8,10,14H,9H2,1H3,(H,33,35)(H,34,36)/b5-3+/t10-,14?/m1/s1. The van der Waals surface area contributed by atoms with Gasteiger partial charge >= 0.3 is 12.4 Å². The van der Waals surface area contributed by atoms with Crippen LogP contribution in [0.5, 0.6) is 0 Å². The average Bonchev–Trinajstić information content (AvgIpc) is 2.74. The summed E-state index contributed by atoms with van der Waals surface area (Å²) in [6.07, 6.45) is -7.73. The number of alkyl halides is 6. The number of carbonyl (C=O) groups excluding carboxylic acids is 2. The topological polar surface area (TPSA) is 58.2 Å². The normalized spacial score (nSPS) is 14.0. The number of amides is 2. The van der Waals surface area contributed by atoms with Crippen molar-refractivity contribution in [1.29, 1.82) is 0 Å². The van der Waals surface area contributed by atoms with Crippen molar-refractivity contribution in [2.45, 2.75) is 31.2 Å². The van der Waals surface area contributed by atoms with Crippen molar-refractivity contribution in [2.24, 2.45) is 0 Å². The van der Waals surface area contributed by atoms with Crippen molar-refractivity contribution in [3.05, 3.63) is 74.0 Å². The highest BCUT2D eigenvalue weighted by Gasteiger charge is 2.39. The van der Waals surface area contributed by atoms with Crippen molar-refractivity contribution in [3.8, 4) is 0 Å². The lowest BCUT2D eigenvalue weighted by Gasteiger charge is -2.18. The lowest BCUT2D eigenvalue weighted by molar-refractivity contribution is -0.139. The van der Waals surface area contributed by atoms with Gasteiger partial charge in [0.2, 0.25) is 5.91 Å². The lowest BCUT2D eigenvalue weighted by Crippen LogP contribution is -2.47. The van der Waals surface area contributed by atoms with E-state index in [2.05, 4.69) is 0 Å². The lowest BCUT2D eigenvalue weighted by atomic mass is 9.97. The Morgan fingerprint density at radius 1 is 1.00 bits per heavy atom. The van der Waals surface area contributed by atoms with Gasteiger partial charge in [0, 0.05) is 0 Å². The number of hydrogen-bond donors (Lipinski definition) is 2. The SMILES string of the molecule is C[C@@H](NC(=O)c1ccc(/C=C/C(c2cc(Cl)c(Cl)c(Cl)c2)C(F)(F)F)cc1F)C(=O)NCC(F)(F)F. The molecule has 196 valence electrons. The molecule has 2 atom stereocenters. The first-order valence-corrected chi connectivity index (χ1v) is 11.0. The van der Waals surface area contributed by atoms with Crippen LogP contribution < -0.4 is 10.6 Å². The van der Waals surface area contributed by atoms with Crippen molar-refractivity contribution in [3.63, 3.8) is 0 Å². The van der Waals surface area contributed by atoms with Crippen molar-refractivity contribution >= 4 is 52.7 Å². The molecule has 0 saturated carbocycles. The van der Waals surface area contributed by atoms with Gasteiger partial charge in [-0.15, -0.1) is 0 Å². The van der Waals surface area contributed by atoms with Gasteiger partial charge in [-0.05, 0) is 42.3 Å². The molecule has 2 aromatic rings. The summed E-state index contributed by atoms with van der Waals surface area (Å²) in [6.45, 7) is -0.528. The second kappa shape index (κ2) is 11.7. The molecule has 0 aliphatic rings. The Labute approximate surface area is 215 Å². The largest absolute Gasteiger partial charge is 0.405 e. The molecular formula is C22H16Cl3F7N2O2. The monoisotopic (exact) mass is 578 g/mol. The maximum absolute atomic E-state index is 14.5. The van der Waals surface area contributed by atoms with Crippen LogP contribution in [0.3, 0.4) is 0 Å². The van der Waals surface area contributed by atoms with Crippen LogP contribution >= 0.6 is 34.8 Å². The van der Waals surface area contributed by atoms with E-state index >= 15 is 0 Å². The summed E-state index contributed by atoms with van der Waals surface area (Å²) >= 11 is 17.4. The number of rotatable bonds is 7. The number of carbonyl (C=O) groups is 2. The van der Waals surface area contributed by atoms with Crippen LogP contribution in [0.15, 0.2) is 36.4 Å². The average molecular weight is 580 g/mol.